The number of carbonyl (C=O) groups is 4. The molecule has 176 valence electrons. The number of hydrogen-bond acceptors (Lipinski definition) is 9. The Morgan fingerprint density at radius 1 is 0.812 bits per heavy atom. The lowest BCUT2D eigenvalue weighted by Gasteiger charge is -2.29. The lowest BCUT2D eigenvalue weighted by molar-refractivity contribution is -0.140. The van der Waals surface area contributed by atoms with Crippen LogP contribution in [0.1, 0.15) is 18.3 Å². The van der Waals surface area contributed by atoms with Gasteiger partial charge < -0.3 is 15.3 Å². The van der Waals surface area contributed by atoms with Crippen LogP contribution < -0.4 is 5.06 Å². The highest BCUT2D eigenvalue weighted by Crippen LogP contribution is 2.19. The van der Waals surface area contributed by atoms with Crippen molar-refractivity contribution in [3.05, 3.63) is 23.5 Å². The summed E-state index contributed by atoms with van der Waals surface area (Å²) in [5.74, 6) is -3.82. The third-order valence-corrected chi connectivity index (χ3v) is 4.77. The average Bonchev–Trinajstić information content (AvgIpc) is 2.66. The van der Waals surface area contributed by atoms with E-state index in [9.17, 15) is 39.7 Å². The van der Waals surface area contributed by atoms with E-state index in [0.717, 1.165) is 0 Å². The van der Waals surface area contributed by atoms with Gasteiger partial charge in [0.2, 0.25) is 5.91 Å². The Bertz CT molecular complexity index is 816. The summed E-state index contributed by atoms with van der Waals surface area (Å²) < 4.78 is 0. The van der Waals surface area contributed by atoms with Gasteiger partial charge in [-0.1, -0.05) is 0 Å². The number of nitrogens with zero attached hydrogens (tertiary/aromatic N) is 5. The molecule has 0 atom stereocenters. The Hall–Kier alpha value is -3.13. The molecule has 2 rings (SSSR count). The van der Waals surface area contributed by atoms with Gasteiger partial charge in [-0.25, -0.2) is 0 Å². The highest BCUT2D eigenvalue weighted by Gasteiger charge is 2.21. The Labute approximate surface area is 184 Å². The fourth-order valence-electron chi connectivity index (χ4n) is 3.39. The number of carbonyl (C=O) groups excluding carboxylic acids is 1. The number of amides is 1. The molecule has 32 heavy (non-hydrogen) atoms. The normalized spacial score (nSPS) is 16.6. The second-order valence-electron chi connectivity index (χ2n) is 7.52. The van der Waals surface area contributed by atoms with E-state index < -0.39 is 23.8 Å². The summed E-state index contributed by atoms with van der Waals surface area (Å²) in [4.78, 5) is 54.7. The van der Waals surface area contributed by atoms with E-state index in [1.807, 2.05) is 0 Å². The van der Waals surface area contributed by atoms with E-state index in [1.165, 1.54) is 19.1 Å². The van der Waals surface area contributed by atoms with Crippen LogP contribution in [0.2, 0.25) is 0 Å². The summed E-state index contributed by atoms with van der Waals surface area (Å²) in [6, 6.07) is 2.89. The molecule has 13 heteroatoms. The number of aromatic nitrogens is 1. The van der Waals surface area contributed by atoms with Crippen molar-refractivity contribution in [3.63, 3.8) is 0 Å². The lowest BCUT2D eigenvalue weighted by atomic mass is 10.2. The maximum absolute atomic E-state index is 11.6. The molecule has 0 spiro atoms. The zero-order chi connectivity index (χ0) is 23.8. The summed E-state index contributed by atoms with van der Waals surface area (Å²) in [5, 5.41) is 38.2. The fraction of sp³-hybridized carbons (Fsp3) is 0.526. The highest BCUT2D eigenvalue weighted by molar-refractivity contribution is 5.89. The Morgan fingerprint density at radius 3 is 1.56 bits per heavy atom. The van der Waals surface area contributed by atoms with Gasteiger partial charge in [0, 0.05) is 46.2 Å². The standard InChI is InChI=1S/C19H27N5O8/c1-13(25)24(32)16-6-14-8-22(11-18(28)29)4-2-21(10-17(26)27)3-5-23(12-19(30)31)9-15(7-16)20-14/h6-7,32H,2-5,8-12H2,1H3,(H,26,27)(H,28,29)(H,30,31). The van der Waals surface area contributed by atoms with Crippen LogP contribution in [0.25, 0.3) is 0 Å². The van der Waals surface area contributed by atoms with Crippen molar-refractivity contribution < 1.29 is 39.7 Å². The molecule has 0 saturated heterocycles. The highest BCUT2D eigenvalue weighted by atomic mass is 16.5. The molecular formula is C19H27N5O8. The van der Waals surface area contributed by atoms with Crippen LogP contribution in [0.4, 0.5) is 5.69 Å². The maximum Gasteiger partial charge on any atom is 0.317 e. The van der Waals surface area contributed by atoms with E-state index in [2.05, 4.69) is 4.98 Å². The van der Waals surface area contributed by atoms with Crippen LogP contribution in [-0.4, -0.2) is 110 Å². The quantitative estimate of drug-likeness (QED) is 0.293. The summed E-state index contributed by atoms with van der Waals surface area (Å²) in [7, 11) is 0. The minimum atomic E-state index is -1.07. The van der Waals surface area contributed by atoms with Crippen molar-refractivity contribution in [2.24, 2.45) is 0 Å². The minimum Gasteiger partial charge on any atom is -0.480 e. The van der Waals surface area contributed by atoms with Crippen molar-refractivity contribution in [3.8, 4) is 0 Å². The second-order valence-corrected chi connectivity index (χ2v) is 7.52. The van der Waals surface area contributed by atoms with Gasteiger partial charge in [-0.3, -0.25) is 44.1 Å². The van der Waals surface area contributed by atoms with E-state index >= 15 is 0 Å². The predicted molar refractivity (Wildman–Crippen MR) is 109 cm³/mol. The van der Waals surface area contributed by atoms with Crippen LogP contribution in [0.3, 0.4) is 0 Å². The second kappa shape index (κ2) is 11.5. The van der Waals surface area contributed by atoms with Crippen molar-refractivity contribution in [1.29, 1.82) is 0 Å². The zero-order valence-corrected chi connectivity index (χ0v) is 17.7. The third kappa shape index (κ3) is 8.19. The van der Waals surface area contributed by atoms with Gasteiger partial charge in [-0.2, -0.15) is 5.06 Å². The first-order valence-electron chi connectivity index (χ1n) is 9.85. The van der Waals surface area contributed by atoms with Crippen LogP contribution in [0.15, 0.2) is 12.1 Å². The number of anilines is 1. The van der Waals surface area contributed by atoms with Crippen molar-refractivity contribution in [2.75, 3.05) is 50.9 Å². The largest absolute Gasteiger partial charge is 0.480 e. The molecule has 1 aromatic rings. The summed E-state index contributed by atoms with van der Waals surface area (Å²) >= 11 is 0. The Balaban J connectivity index is 2.43. The van der Waals surface area contributed by atoms with Gasteiger partial charge in [0.25, 0.3) is 0 Å². The molecule has 13 nitrogen and oxygen atoms in total. The van der Waals surface area contributed by atoms with Crippen LogP contribution in [-0.2, 0) is 32.3 Å². The number of carboxylic acids is 3. The number of aliphatic carboxylic acids is 3. The summed E-state index contributed by atoms with van der Waals surface area (Å²) in [6.07, 6.45) is 0. The van der Waals surface area contributed by atoms with E-state index in [4.69, 9.17) is 0 Å². The summed E-state index contributed by atoms with van der Waals surface area (Å²) in [5.41, 5.74) is 0.881. The van der Waals surface area contributed by atoms with Gasteiger partial charge in [0.05, 0.1) is 36.7 Å². The van der Waals surface area contributed by atoms with Gasteiger partial charge >= 0.3 is 17.9 Å². The molecule has 0 aromatic carbocycles. The SMILES string of the molecule is CC(=O)N(O)c1cc2nc(c1)CN(CC(=O)O)CCN(CC(=O)O)CCN(CC(=O)O)C2. The predicted octanol–water partition coefficient (Wildman–Crippen LogP) is -1.00. The van der Waals surface area contributed by atoms with E-state index in [1.54, 1.807) is 14.7 Å². The number of rotatable bonds is 7. The lowest BCUT2D eigenvalue weighted by Crippen LogP contribution is -2.44. The smallest absolute Gasteiger partial charge is 0.317 e. The first-order valence-corrected chi connectivity index (χ1v) is 9.85. The van der Waals surface area contributed by atoms with Crippen molar-refractivity contribution in [2.45, 2.75) is 20.0 Å². The van der Waals surface area contributed by atoms with E-state index in [-0.39, 0.29) is 64.6 Å². The monoisotopic (exact) mass is 453 g/mol. The molecule has 0 saturated carbocycles. The summed E-state index contributed by atoms with van der Waals surface area (Å²) in [6.45, 7) is 1.32. The molecule has 0 aliphatic carbocycles. The molecule has 1 amide bonds. The molecule has 2 bridgehead atoms. The van der Waals surface area contributed by atoms with Gasteiger partial charge in [0.1, 0.15) is 0 Å². The van der Waals surface area contributed by atoms with Crippen molar-refractivity contribution in [1.82, 2.24) is 19.7 Å². The molecule has 1 aliphatic rings. The molecule has 1 aliphatic heterocycles. The number of hydrogen-bond donors (Lipinski definition) is 4. The first-order chi connectivity index (χ1) is 15.0. The average molecular weight is 453 g/mol. The molecule has 0 fully saturated rings. The Kier molecular flexibility index (Phi) is 9.02. The number of fused-ring (bicyclic) bond motifs is 2. The zero-order valence-electron chi connectivity index (χ0n) is 17.7. The molecule has 0 radical (unpaired) electrons. The topological polar surface area (TPSA) is 175 Å². The van der Waals surface area contributed by atoms with E-state index in [0.29, 0.717) is 16.5 Å². The first kappa shape index (κ1) is 25.1. The fourth-order valence-corrected chi connectivity index (χ4v) is 3.39. The van der Waals surface area contributed by atoms with Crippen LogP contribution in [0, 0.1) is 0 Å². The molecule has 4 N–H and O–H groups in total. The van der Waals surface area contributed by atoms with Crippen molar-refractivity contribution >= 4 is 29.5 Å². The van der Waals surface area contributed by atoms with Gasteiger partial charge in [-0.15, -0.1) is 0 Å². The van der Waals surface area contributed by atoms with Crippen LogP contribution >= 0.6 is 0 Å². The number of hydroxylamine groups is 1. The maximum atomic E-state index is 11.6. The number of pyridine rings is 1. The molecule has 1 aromatic heterocycles. The Morgan fingerprint density at radius 2 is 1.19 bits per heavy atom. The molecule has 0 unspecified atom stereocenters. The van der Waals surface area contributed by atoms with Crippen LogP contribution in [0.5, 0.6) is 0 Å². The van der Waals surface area contributed by atoms with Gasteiger partial charge in [-0.05, 0) is 12.1 Å². The van der Waals surface area contributed by atoms with Gasteiger partial charge in [0.15, 0.2) is 0 Å². The third-order valence-electron chi connectivity index (χ3n) is 4.77. The molecule has 2 heterocycles. The molecular weight excluding hydrogens is 426 g/mol. The number of carboxylic acid groups (broad SMARTS) is 3. The minimum absolute atomic E-state index is 0.0682.